The molecule has 3 heterocycles. The van der Waals surface area contributed by atoms with Gasteiger partial charge in [0.15, 0.2) is 10.8 Å². The summed E-state index contributed by atoms with van der Waals surface area (Å²) in [5.41, 5.74) is 1.44. The smallest absolute Gasteiger partial charge is 0.233 e. The van der Waals surface area contributed by atoms with E-state index < -0.39 is 0 Å². The molecule has 5 nitrogen and oxygen atoms in total. The predicted octanol–water partition coefficient (Wildman–Crippen LogP) is 3.25. The van der Waals surface area contributed by atoms with E-state index in [0.717, 1.165) is 30.2 Å². The average molecular weight is 344 g/mol. The van der Waals surface area contributed by atoms with Crippen LogP contribution in [0.15, 0.2) is 29.6 Å². The van der Waals surface area contributed by atoms with Crippen molar-refractivity contribution in [2.24, 2.45) is 10.8 Å². The van der Waals surface area contributed by atoms with Gasteiger partial charge in [0.05, 0.1) is 5.75 Å². The summed E-state index contributed by atoms with van der Waals surface area (Å²) in [4.78, 5) is 15.0. The van der Waals surface area contributed by atoms with Gasteiger partial charge in [-0.25, -0.2) is 0 Å². The normalized spacial score (nSPS) is 28.5. The summed E-state index contributed by atoms with van der Waals surface area (Å²) in [6.07, 6.45) is 5.42. The van der Waals surface area contributed by atoms with Gasteiger partial charge in [-0.2, -0.15) is 0 Å². The zero-order chi connectivity index (χ0) is 16.9. The number of fused-ring (bicyclic) bond motifs is 3. The van der Waals surface area contributed by atoms with Crippen LogP contribution in [0.3, 0.4) is 0 Å². The molecule has 0 unspecified atom stereocenters. The number of pyridine rings is 1. The molecule has 1 aliphatic carbocycles. The van der Waals surface area contributed by atoms with Crippen molar-refractivity contribution in [3.8, 4) is 0 Å². The quantitative estimate of drug-likeness (QED) is 0.802. The van der Waals surface area contributed by atoms with E-state index in [4.69, 9.17) is 0 Å². The molecule has 2 aromatic rings. The van der Waals surface area contributed by atoms with Crippen molar-refractivity contribution in [3.63, 3.8) is 0 Å². The van der Waals surface area contributed by atoms with E-state index in [0.29, 0.717) is 17.2 Å². The molecule has 2 aliphatic rings. The van der Waals surface area contributed by atoms with Crippen LogP contribution in [0.5, 0.6) is 0 Å². The van der Waals surface area contributed by atoms with Gasteiger partial charge in [-0.3, -0.25) is 9.20 Å². The first-order valence-electron chi connectivity index (χ1n) is 8.57. The molecule has 0 radical (unpaired) electrons. The van der Waals surface area contributed by atoms with E-state index in [9.17, 15) is 4.79 Å². The molecule has 0 N–H and O–H groups in total. The van der Waals surface area contributed by atoms with Crippen LogP contribution >= 0.6 is 11.8 Å². The van der Waals surface area contributed by atoms with Gasteiger partial charge < -0.3 is 4.90 Å². The lowest BCUT2D eigenvalue weighted by Gasteiger charge is -2.39. The van der Waals surface area contributed by atoms with Crippen molar-refractivity contribution in [1.82, 2.24) is 19.5 Å². The highest BCUT2D eigenvalue weighted by Crippen LogP contribution is 2.52. The summed E-state index contributed by atoms with van der Waals surface area (Å²) in [7, 11) is 0. The topological polar surface area (TPSA) is 50.5 Å². The molecule has 1 saturated carbocycles. The molecule has 2 fully saturated rings. The average Bonchev–Trinajstić information content (AvgIpc) is 3.02. The number of nitrogens with zero attached hydrogens (tertiary/aromatic N) is 4. The van der Waals surface area contributed by atoms with Crippen LogP contribution in [-0.4, -0.2) is 43.7 Å². The second-order valence-corrected chi connectivity index (χ2v) is 9.38. The second kappa shape index (κ2) is 5.48. The van der Waals surface area contributed by atoms with Gasteiger partial charge in [0.1, 0.15) is 0 Å². The number of rotatable bonds is 3. The Morgan fingerprint density at radius 2 is 2.12 bits per heavy atom. The van der Waals surface area contributed by atoms with Crippen molar-refractivity contribution in [3.05, 3.63) is 24.4 Å². The van der Waals surface area contributed by atoms with Gasteiger partial charge >= 0.3 is 0 Å². The van der Waals surface area contributed by atoms with E-state index in [1.54, 1.807) is 0 Å². The molecule has 1 aliphatic heterocycles. The number of aromatic nitrogens is 3. The molecule has 6 heteroatoms. The number of hydrogen-bond donors (Lipinski definition) is 0. The summed E-state index contributed by atoms with van der Waals surface area (Å²) in [5.74, 6) is 0.669. The largest absolute Gasteiger partial charge is 0.338 e. The van der Waals surface area contributed by atoms with Gasteiger partial charge in [0, 0.05) is 18.8 Å². The van der Waals surface area contributed by atoms with Gasteiger partial charge in [-0.05, 0) is 42.2 Å². The highest BCUT2D eigenvalue weighted by atomic mass is 32.2. The highest BCUT2D eigenvalue weighted by molar-refractivity contribution is 7.99. The fourth-order valence-electron chi connectivity index (χ4n) is 4.88. The van der Waals surface area contributed by atoms with Gasteiger partial charge in [0.2, 0.25) is 5.91 Å². The zero-order valence-corrected chi connectivity index (χ0v) is 15.3. The first-order chi connectivity index (χ1) is 11.4. The fourth-order valence-corrected chi connectivity index (χ4v) is 5.69. The summed E-state index contributed by atoms with van der Waals surface area (Å²) in [6, 6.07) is 6.22. The third kappa shape index (κ3) is 2.81. The molecule has 4 rings (SSSR count). The third-order valence-corrected chi connectivity index (χ3v) is 6.27. The Labute approximate surface area is 146 Å². The number of likely N-dealkylation sites (tertiary alicyclic amines) is 1. The molecule has 1 saturated heterocycles. The highest BCUT2D eigenvalue weighted by Gasteiger charge is 2.50. The Bertz CT molecular complexity index is 786. The molecule has 2 atom stereocenters. The Balaban J connectivity index is 1.45. The van der Waals surface area contributed by atoms with Crippen LogP contribution in [-0.2, 0) is 4.79 Å². The minimum Gasteiger partial charge on any atom is -0.338 e. The monoisotopic (exact) mass is 344 g/mol. The first kappa shape index (κ1) is 15.9. The molecular weight excluding hydrogens is 320 g/mol. The maximum absolute atomic E-state index is 12.8. The van der Waals surface area contributed by atoms with E-state index in [1.807, 2.05) is 28.8 Å². The van der Waals surface area contributed by atoms with Gasteiger partial charge in [0.25, 0.3) is 0 Å². The van der Waals surface area contributed by atoms with Gasteiger partial charge in [-0.15, -0.1) is 10.2 Å². The van der Waals surface area contributed by atoms with Crippen LogP contribution in [0, 0.1) is 10.8 Å². The minimum absolute atomic E-state index is 0.235. The predicted molar refractivity (Wildman–Crippen MR) is 95.0 cm³/mol. The zero-order valence-electron chi connectivity index (χ0n) is 14.5. The summed E-state index contributed by atoms with van der Waals surface area (Å²) >= 11 is 1.48. The van der Waals surface area contributed by atoms with Crippen molar-refractivity contribution in [2.75, 3.05) is 12.3 Å². The maximum atomic E-state index is 12.8. The Hall–Kier alpha value is -1.56. The first-order valence-corrected chi connectivity index (χ1v) is 9.56. The van der Waals surface area contributed by atoms with Crippen LogP contribution < -0.4 is 0 Å². The molecule has 2 aromatic heterocycles. The Kier molecular flexibility index (Phi) is 3.64. The Morgan fingerprint density at radius 1 is 1.29 bits per heavy atom. The molecular formula is C18H24N4OS. The number of carbonyl (C=O) groups is 1. The lowest BCUT2D eigenvalue weighted by molar-refractivity contribution is -0.129. The minimum atomic E-state index is 0.235. The molecule has 1 amide bonds. The third-order valence-electron chi connectivity index (χ3n) is 5.34. The fraction of sp³-hybridized carbons (Fsp3) is 0.611. The van der Waals surface area contributed by atoms with Crippen LogP contribution in [0.2, 0.25) is 0 Å². The van der Waals surface area contributed by atoms with Crippen LogP contribution in [0.4, 0.5) is 0 Å². The maximum Gasteiger partial charge on any atom is 0.233 e. The van der Waals surface area contributed by atoms with Crippen molar-refractivity contribution in [1.29, 1.82) is 0 Å². The van der Waals surface area contributed by atoms with E-state index in [1.165, 1.54) is 18.2 Å². The lowest BCUT2D eigenvalue weighted by Crippen LogP contribution is -2.38. The number of thioether (sulfide) groups is 1. The standard InChI is InChI=1S/C18H24N4OS/c1-17(2)8-13-9-18(3,11-17)12-22(13)15(23)10-24-16-20-19-14-6-4-5-7-21(14)16/h4-7,13H,8-12H2,1-3H3/t13-,18-/m1/s1. The summed E-state index contributed by atoms with van der Waals surface area (Å²) < 4.78 is 1.94. The lowest BCUT2D eigenvalue weighted by atomic mass is 9.65. The summed E-state index contributed by atoms with van der Waals surface area (Å²) in [5, 5.41) is 9.13. The van der Waals surface area contributed by atoms with Gasteiger partial charge in [-0.1, -0.05) is 38.6 Å². The number of hydrogen-bond acceptors (Lipinski definition) is 4. The van der Waals surface area contributed by atoms with E-state index >= 15 is 0 Å². The second-order valence-electron chi connectivity index (χ2n) is 8.44. The van der Waals surface area contributed by atoms with Crippen LogP contribution in [0.25, 0.3) is 5.65 Å². The Morgan fingerprint density at radius 3 is 2.96 bits per heavy atom. The number of amides is 1. The molecule has 2 bridgehead atoms. The number of carbonyl (C=O) groups excluding carboxylic acids is 1. The van der Waals surface area contributed by atoms with Crippen molar-refractivity contribution in [2.45, 2.75) is 51.2 Å². The molecule has 0 aromatic carbocycles. The van der Waals surface area contributed by atoms with E-state index in [-0.39, 0.29) is 11.3 Å². The van der Waals surface area contributed by atoms with Crippen molar-refractivity contribution < 1.29 is 4.79 Å². The molecule has 128 valence electrons. The molecule has 0 spiro atoms. The summed E-state index contributed by atoms with van der Waals surface area (Å²) in [6.45, 7) is 7.92. The van der Waals surface area contributed by atoms with Crippen LogP contribution in [0.1, 0.15) is 40.0 Å². The molecule has 24 heavy (non-hydrogen) atoms. The van der Waals surface area contributed by atoms with E-state index in [2.05, 4.69) is 35.9 Å². The van der Waals surface area contributed by atoms with Crippen molar-refractivity contribution >= 4 is 23.3 Å². The SMILES string of the molecule is CC1(C)C[C@@H]2C[C@@](C)(CN2C(=O)CSc2nnc3ccccn23)C1.